The van der Waals surface area contributed by atoms with Gasteiger partial charge in [-0.1, -0.05) is 91.0 Å². The summed E-state index contributed by atoms with van der Waals surface area (Å²) in [6.07, 6.45) is 2.49. The summed E-state index contributed by atoms with van der Waals surface area (Å²) in [4.78, 5) is 31.5. The lowest BCUT2D eigenvalue weighted by Crippen LogP contribution is -2.56. The molecule has 2 fully saturated rings. The third-order valence-electron chi connectivity index (χ3n) is 7.74. The van der Waals surface area contributed by atoms with Crippen LogP contribution in [0, 0.1) is 0 Å². The van der Waals surface area contributed by atoms with Crippen molar-refractivity contribution in [3.05, 3.63) is 108 Å². The van der Waals surface area contributed by atoms with Gasteiger partial charge in [-0.15, -0.1) is 0 Å². The Labute approximate surface area is 214 Å². The van der Waals surface area contributed by atoms with Gasteiger partial charge in [0.1, 0.15) is 0 Å². The van der Waals surface area contributed by atoms with Gasteiger partial charge in [-0.2, -0.15) is 0 Å². The lowest BCUT2D eigenvalue weighted by atomic mass is 9.68. The zero-order valence-corrected chi connectivity index (χ0v) is 21.0. The Kier molecular flexibility index (Phi) is 6.92. The van der Waals surface area contributed by atoms with Gasteiger partial charge in [-0.3, -0.25) is 14.5 Å². The Morgan fingerprint density at radius 2 is 1.42 bits per heavy atom. The predicted octanol–water partition coefficient (Wildman–Crippen LogP) is 4.38. The van der Waals surface area contributed by atoms with Crippen LogP contribution >= 0.6 is 0 Å². The van der Waals surface area contributed by atoms with Gasteiger partial charge >= 0.3 is 0 Å². The molecule has 0 saturated carbocycles. The molecule has 0 aromatic heterocycles. The highest BCUT2D eigenvalue weighted by molar-refractivity contribution is 5.95. The molecule has 0 aliphatic carbocycles. The van der Waals surface area contributed by atoms with Gasteiger partial charge in [0.2, 0.25) is 11.8 Å². The van der Waals surface area contributed by atoms with Gasteiger partial charge in [0.05, 0.1) is 17.5 Å². The van der Waals surface area contributed by atoms with Gasteiger partial charge in [0, 0.05) is 26.2 Å². The molecule has 36 heavy (non-hydrogen) atoms. The van der Waals surface area contributed by atoms with Crippen molar-refractivity contribution in [1.82, 2.24) is 15.1 Å². The highest BCUT2D eigenvalue weighted by atomic mass is 16.2. The highest BCUT2D eigenvalue weighted by Gasteiger charge is 2.47. The number of carbonyl (C=O) groups is 2. The van der Waals surface area contributed by atoms with Gasteiger partial charge in [0.25, 0.3) is 0 Å². The van der Waals surface area contributed by atoms with Crippen LogP contribution in [-0.2, 0) is 21.5 Å². The van der Waals surface area contributed by atoms with E-state index in [1.54, 1.807) is 4.90 Å². The van der Waals surface area contributed by atoms with Crippen molar-refractivity contribution in [3.63, 3.8) is 0 Å². The molecule has 2 saturated heterocycles. The first-order valence-corrected chi connectivity index (χ1v) is 13.0. The lowest BCUT2D eigenvalue weighted by molar-refractivity contribution is -0.142. The summed E-state index contributed by atoms with van der Waals surface area (Å²) in [7, 11) is 0. The van der Waals surface area contributed by atoms with Gasteiger partial charge < -0.3 is 10.2 Å². The second-order valence-electron chi connectivity index (χ2n) is 10.5. The second-order valence-corrected chi connectivity index (χ2v) is 10.5. The molecule has 2 heterocycles. The van der Waals surface area contributed by atoms with Crippen LogP contribution in [0.15, 0.2) is 91.0 Å². The smallest absolute Gasteiger partial charge is 0.240 e. The maximum Gasteiger partial charge on any atom is 0.240 e. The van der Waals surface area contributed by atoms with E-state index in [0.29, 0.717) is 6.54 Å². The van der Waals surface area contributed by atoms with Crippen LogP contribution in [0.2, 0.25) is 0 Å². The normalized spacial score (nSPS) is 21.9. The van der Waals surface area contributed by atoms with E-state index in [2.05, 4.69) is 41.4 Å². The fourth-order valence-corrected chi connectivity index (χ4v) is 6.00. The van der Waals surface area contributed by atoms with Crippen LogP contribution in [0.3, 0.4) is 0 Å². The van der Waals surface area contributed by atoms with Gasteiger partial charge in [-0.05, 0) is 42.9 Å². The number of likely N-dealkylation sites (tertiary alicyclic amines) is 2. The van der Waals surface area contributed by atoms with Gasteiger partial charge in [-0.25, -0.2) is 0 Å². The number of benzene rings is 3. The molecule has 0 bridgehead atoms. The van der Waals surface area contributed by atoms with E-state index in [1.165, 1.54) is 5.56 Å². The maximum atomic E-state index is 14.1. The molecule has 186 valence electrons. The molecule has 3 aromatic rings. The third-order valence-corrected chi connectivity index (χ3v) is 7.74. The van der Waals surface area contributed by atoms with E-state index in [1.807, 2.05) is 66.7 Å². The van der Waals surface area contributed by atoms with Crippen molar-refractivity contribution in [2.24, 2.45) is 0 Å². The summed E-state index contributed by atoms with van der Waals surface area (Å²) in [5.74, 6) is -0.0621. The average molecular weight is 482 g/mol. The van der Waals surface area contributed by atoms with Crippen LogP contribution in [0.4, 0.5) is 0 Å². The quantitative estimate of drug-likeness (QED) is 0.545. The zero-order chi connectivity index (χ0) is 25.0. The maximum absolute atomic E-state index is 14.1. The van der Waals surface area contributed by atoms with Crippen molar-refractivity contribution in [3.8, 4) is 0 Å². The molecule has 5 rings (SSSR count). The summed E-state index contributed by atoms with van der Waals surface area (Å²) >= 11 is 0. The standard InChI is InChI=1S/C31H35N3O2/c1-30(19-21-33(24-30)22-25-12-5-2-6-13-25)32-28(35)23-34-20-11-18-31(29(34)36,26-14-7-3-8-15-26)27-16-9-4-10-17-27/h2-10,12-17H,11,18-24H2,1H3,(H,32,35). The molecule has 1 N–H and O–H groups in total. The number of piperidine rings is 1. The molecule has 1 atom stereocenters. The average Bonchev–Trinajstić information content (AvgIpc) is 3.26. The molecular weight excluding hydrogens is 446 g/mol. The monoisotopic (exact) mass is 481 g/mol. The van der Waals surface area contributed by atoms with Crippen molar-refractivity contribution in [2.45, 2.75) is 43.7 Å². The molecule has 1 unspecified atom stereocenters. The zero-order valence-electron chi connectivity index (χ0n) is 21.0. The van der Waals surface area contributed by atoms with E-state index in [-0.39, 0.29) is 23.9 Å². The first kappa shape index (κ1) is 24.3. The van der Waals surface area contributed by atoms with Gasteiger partial charge in [0.15, 0.2) is 0 Å². The largest absolute Gasteiger partial charge is 0.348 e. The molecule has 2 aliphatic rings. The molecular formula is C31H35N3O2. The first-order chi connectivity index (χ1) is 17.5. The molecule has 3 aromatic carbocycles. The summed E-state index contributed by atoms with van der Waals surface area (Å²) in [5, 5.41) is 3.27. The number of hydrogen-bond donors (Lipinski definition) is 1. The molecule has 5 nitrogen and oxygen atoms in total. The summed E-state index contributed by atoms with van der Waals surface area (Å²) < 4.78 is 0. The lowest BCUT2D eigenvalue weighted by Gasteiger charge is -2.42. The number of rotatable bonds is 7. The minimum Gasteiger partial charge on any atom is -0.348 e. The van der Waals surface area contributed by atoms with E-state index >= 15 is 0 Å². The number of nitrogens with zero attached hydrogens (tertiary/aromatic N) is 2. The van der Waals surface area contributed by atoms with Crippen molar-refractivity contribution in [2.75, 3.05) is 26.2 Å². The predicted molar refractivity (Wildman–Crippen MR) is 142 cm³/mol. The van der Waals surface area contributed by atoms with Crippen LogP contribution in [-0.4, -0.2) is 53.3 Å². The highest BCUT2D eigenvalue weighted by Crippen LogP contribution is 2.41. The summed E-state index contributed by atoms with van der Waals surface area (Å²) in [5.41, 5.74) is 2.22. The van der Waals surface area contributed by atoms with Crippen LogP contribution in [0.1, 0.15) is 42.9 Å². The molecule has 0 spiro atoms. The third kappa shape index (κ3) is 4.93. The van der Waals surface area contributed by atoms with Crippen LogP contribution < -0.4 is 5.32 Å². The summed E-state index contributed by atoms with van der Waals surface area (Å²) in [6, 6.07) is 30.5. The summed E-state index contributed by atoms with van der Waals surface area (Å²) in [6.45, 7) is 5.44. The molecule has 2 amide bonds. The molecule has 0 radical (unpaired) electrons. The Bertz CT molecular complexity index is 1140. The topological polar surface area (TPSA) is 52.7 Å². The van der Waals surface area contributed by atoms with Crippen molar-refractivity contribution < 1.29 is 9.59 Å². The van der Waals surface area contributed by atoms with Crippen molar-refractivity contribution >= 4 is 11.8 Å². The minimum atomic E-state index is -0.759. The van der Waals surface area contributed by atoms with E-state index < -0.39 is 5.41 Å². The number of hydrogen-bond acceptors (Lipinski definition) is 3. The van der Waals surface area contributed by atoms with Crippen LogP contribution in [0.5, 0.6) is 0 Å². The fraction of sp³-hybridized carbons (Fsp3) is 0.355. The van der Waals surface area contributed by atoms with E-state index in [0.717, 1.165) is 50.0 Å². The van der Waals surface area contributed by atoms with Crippen molar-refractivity contribution in [1.29, 1.82) is 0 Å². The first-order valence-electron chi connectivity index (χ1n) is 13.0. The molecule has 2 aliphatic heterocycles. The Balaban J connectivity index is 1.29. The van der Waals surface area contributed by atoms with E-state index in [4.69, 9.17) is 0 Å². The Morgan fingerprint density at radius 1 is 0.833 bits per heavy atom. The minimum absolute atomic E-state index is 0.0172. The Morgan fingerprint density at radius 3 is 2.03 bits per heavy atom. The fourth-order valence-electron chi connectivity index (χ4n) is 6.00. The number of nitrogens with one attached hydrogen (secondary N) is 1. The second kappa shape index (κ2) is 10.3. The SMILES string of the molecule is CC1(NC(=O)CN2CCCC(c3ccccc3)(c3ccccc3)C2=O)CCN(Cc2ccccc2)C1. The Hall–Kier alpha value is -3.44. The number of amides is 2. The van der Waals surface area contributed by atoms with Crippen LogP contribution in [0.25, 0.3) is 0 Å². The van der Waals surface area contributed by atoms with E-state index in [9.17, 15) is 9.59 Å². The number of carbonyl (C=O) groups excluding carboxylic acids is 2. The molecule has 5 heteroatoms.